The number of Topliss-reactive ketones (excluding diaryl/α,β-unsaturated/α-hetero) is 2. The molecule has 5 nitrogen and oxygen atoms in total. The van der Waals surface area contributed by atoms with E-state index < -0.39 is 5.92 Å². The van der Waals surface area contributed by atoms with Crippen molar-refractivity contribution in [2.45, 2.75) is 59.3 Å². The summed E-state index contributed by atoms with van der Waals surface area (Å²) in [6, 6.07) is 5.63. The van der Waals surface area contributed by atoms with Gasteiger partial charge in [-0.15, -0.1) is 6.42 Å². The lowest BCUT2D eigenvalue weighted by Crippen LogP contribution is -2.43. The average Bonchev–Trinajstić information content (AvgIpc) is 2.72. The zero-order valence-electron chi connectivity index (χ0n) is 20.5. The van der Waals surface area contributed by atoms with Gasteiger partial charge in [0.25, 0.3) is 0 Å². The third kappa shape index (κ3) is 4.08. The van der Waals surface area contributed by atoms with Crippen molar-refractivity contribution in [2.75, 3.05) is 20.8 Å². The lowest BCUT2D eigenvalue weighted by Gasteiger charge is -2.47. The molecule has 0 radical (unpaired) electrons. The van der Waals surface area contributed by atoms with Crippen LogP contribution in [0.25, 0.3) is 0 Å². The quantitative estimate of drug-likeness (QED) is 0.607. The fourth-order valence-corrected chi connectivity index (χ4v) is 5.60. The average molecular weight is 448 g/mol. The molecule has 0 aromatic heterocycles. The fraction of sp³-hybridized carbons (Fsp3) is 0.500. The minimum Gasteiger partial charge on any atom is -0.493 e. The summed E-state index contributed by atoms with van der Waals surface area (Å²) in [7, 11) is 3.59. The summed E-state index contributed by atoms with van der Waals surface area (Å²) in [5.41, 5.74) is 4.21. The topological polar surface area (TPSA) is 55.8 Å². The lowest BCUT2D eigenvalue weighted by atomic mass is 9.64. The summed E-state index contributed by atoms with van der Waals surface area (Å²) in [5.74, 6) is 3.39. The van der Waals surface area contributed by atoms with E-state index in [0.29, 0.717) is 24.3 Å². The Hall–Kier alpha value is -3.00. The molecule has 0 N–H and O–H groups in total. The zero-order chi connectivity index (χ0) is 24.1. The van der Waals surface area contributed by atoms with Crippen LogP contribution in [0.3, 0.4) is 0 Å². The second-order valence-electron chi connectivity index (χ2n) is 11.0. The Labute approximate surface area is 196 Å². The summed E-state index contributed by atoms with van der Waals surface area (Å²) in [5, 5.41) is 0. The fourth-order valence-electron chi connectivity index (χ4n) is 5.60. The van der Waals surface area contributed by atoms with E-state index in [2.05, 4.69) is 38.5 Å². The summed E-state index contributed by atoms with van der Waals surface area (Å²) >= 11 is 0. The number of hydrogen-bond acceptors (Lipinski definition) is 5. The number of ketones is 2. The van der Waals surface area contributed by atoms with E-state index in [1.807, 2.05) is 25.2 Å². The normalized spacial score (nSPS) is 22.0. The predicted molar refractivity (Wildman–Crippen MR) is 128 cm³/mol. The molecular formula is C28H33NO4. The van der Waals surface area contributed by atoms with E-state index in [1.165, 1.54) is 0 Å². The molecule has 0 spiro atoms. The number of methoxy groups -OCH3 is 1. The van der Waals surface area contributed by atoms with Crippen molar-refractivity contribution in [3.05, 3.63) is 46.3 Å². The third-order valence-corrected chi connectivity index (χ3v) is 7.01. The van der Waals surface area contributed by atoms with Gasteiger partial charge in [0.2, 0.25) is 0 Å². The molecule has 0 atom stereocenters. The molecule has 1 aromatic rings. The van der Waals surface area contributed by atoms with Gasteiger partial charge in [0.05, 0.1) is 7.11 Å². The summed E-state index contributed by atoms with van der Waals surface area (Å²) < 4.78 is 11.2. The van der Waals surface area contributed by atoms with Crippen molar-refractivity contribution >= 4 is 11.6 Å². The molecule has 33 heavy (non-hydrogen) atoms. The van der Waals surface area contributed by atoms with Gasteiger partial charge >= 0.3 is 0 Å². The molecule has 1 heterocycles. The van der Waals surface area contributed by atoms with Gasteiger partial charge in [0.15, 0.2) is 23.1 Å². The highest BCUT2D eigenvalue weighted by atomic mass is 16.5. The van der Waals surface area contributed by atoms with Gasteiger partial charge in [-0.1, -0.05) is 39.7 Å². The first kappa shape index (κ1) is 23.2. The van der Waals surface area contributed by atoms with Crippen molar-refractivity contribution < 1.29 is 19.1 Å². The van der Waals surface area contributed by atoms with Crippen LogP contribution in [-0.2, 0) is 9.59 Å². The SMILES string of the molecule is C#CCOc1ccc(C2C3=C(CC(C)(C)CC3=O)N(C)C3=C2C(=O)CC(C)(C)C3)cc1OC. The Morgan fingerprint density at radius 3 is 2.00 bits per heavy atom. The Bertz CT molecular complexity index is 1080. The molecule has 3 aliphatic rings. The van der Waals surface area contributed by atoms with E-state index in [0.717, 1.165) is 40.9 Å². The number of benzene rings is 1. The molecular weight excluding hydrogens is 414 g/mol. The second-order valence-corrected chi connectivity index (χ2v) is 11.0. The molecule has 0 bridgehead atoms. The highest BCUT2D eigenvalue weighted by Gasteiger charge is 2.48. The highest BCUT2D eigenvalue weighted by Crippen LogP contribution is 2.54. The van der Waals surface area contributed by atoms with E-state index in [4.69, 9.17) is 15.9 Å². The minimum absolute atomic E-state index is 0.119. The molecule has 2 aliphatic carbocycles. The first-order valence-corrected chi connectivity index (χ1v) is 11.5. The molecule has 4 rings (SSSR count). The van der Waals surface area contributed by atoms with E-state index in [-0.39, 0.29) is 29.0 Å². The van der Waals surface area contributed by atoms with Crippen molar-refractivity contribution in [3.63, 3.8) is 0 Å². The molecule has 0 amide bonds. The van der Waals surface area contributed by atoms with Crippen LogP contribution in [0.15, 0.2) is 40.7 Å². The van der Waals surface area contributed by atoms with Crippen LogP contribution >= 0.6 is 0 Å². The van der Waals surface area contributed by atoms with Gasteiger partial charge < -0.3 is 14.4 Å². The molecule has 0 saturated heterocycles. The Morgan fingerprint density at radius 1 is 0.970 bits per heavy atom. The Balaban J connectivity index is 1.92. The van der Waals surface area contributed by atoms with Gasteiger partial charge in [-0.3, -0.25) is 9.59 Å². The first-order chi connectivity index (χ1) is 15.5. The van der Waals surface area contributed by atoms with E-state index >= 15 is 0 Å². The summed E-state index contributed by atoms with van der Waals surface area (Å²) in [6.45, 7) is 8.68. The standard InChI is InChI=1S/C28H33NO4/c1-8-11-33-22-10-9-17(12-23(22)32-7)24-25-18(13-27(2,3)15-20(25)30)29(6)19-14-28(4,5)16-21(31)26(19)24/h1,9-10,12,24H,11,13-16H2,2-7H3. The van der Waals surface area contributed by atoms with E-state index in [9.17, 15) is 9.59 Å². The monoisotopic (exact) mass is 447 g/mol. The van der Waals surface area contributed by atoms with Crippen LogP contribution in [0, 0.1) is 23.2 Å². The Kier molecular flexibility index (Phi) is 5.68. The molecule has 1 aromatic carbocycles. The maximum absolute atomic E-state index is 13.5. The van der Waals surface area contributed by atoms with Crippen molar-refractivity contribution in [3.8, 4) is 23.8 Å². The Morgan fingerprint density at radius 2 is 1.52 bits per heavy atom. The second kappa shape index (κ2) is 8.09. The van der Waals surface area contributed by atoms with Crippen LogP contribution in [0.4, 0.5) is 0 Å². The van der Waals surface area contributed by atoms with Crippen LogP contribution in [0.2, 0.25) is 0 Å². The summed E-state index contributed by atoms with van der Waals surface area (Å²) in [4.78, 5) is 29.2. The van der Waals surface area contributed by atoms with E-state index in [1.54, 1.807) is 7.11 Å². The van der Waals surface area contributed by atoms with Crippen LogP contribution in [0.1, 0.15) is 64.9 Å². The van der Waals surface area contributed by atoms with Crippen molar-refractivity contribution in [2.24, 2.45) is 10.8 Å². The van der Waals surface area contributed by atoms with Gasteiger partial charge in [-0.05, 0) is 41.4 Å². The third-order valence-electron chi connectivity index (χ3n) is 7.01. The predicted octanol–water partition coefficient (Wildman–Crippen LogP) is 5.02. The lowest BCUT2D eigenvalue weighted by molar-refractivity contribution is -0.119. The van der Waals surface area contributed by atoms with Gasteiger partial charge in [-0.25, -0.2) is 0 Å². The number of terminal acetylenes is 1. The maximum Gasteiger partial charge on any atom is 0.162 e. The van der Waals surface area contributed by atoms with Crippen molar-refractivity contribution in [1.29, 1.82) is 0 Å². The van der Waals surface area contributed by atoms with Crippen LogP contribution in [-0.4, -0.2) is 37.2 Å². The maximum atomic E-state index is 13.5. The number of ether oxygens (including phenoxy) is 2. The molecule has 5 heteroatoms. The van der Waals surface area contributed by atoms with Gasteiger partial charge in [-0.2, -0.15) is 0 Å². The number of allylic oxidation sites excluding steroid dienone is 4. The number of nitrogens with zero attached hydrogens (tertiary/aromatic N) is 1. The molecule has 0 fully saturated rings. The highest BCUT2D eigenvalue weighted by molar-refractivity contribution is 6.06. The van der Waals surface area contributed by atoms with Gasteiger partial charge in [0, 0.05) is 48.3 Å². The first-order valence-electron chi connectivity index (χ1n) is 11.5. The molecule has 0 saturated carbocycles. The van der Waals surface area contributed by atoms with Gasteiger partial charge in [0.1, 0.15) is 6.61 Å². The molecule has 174 valence electrons. The number of carbonyl (C=O) groups excluding carboxylic acids is 2. The largest absolute Gasteiger partial charge is 0.493 e. The molecule has 0 unspecified atom stereocenters. The zero-order valence-corrected chi connectivity index (χ0v) is 20.5. The minimum atomic E-state index is -0.394. The summed E-state index contributed by atoms with van der Waals surface area (Å²) in [6.07, 6.45) is 7.88. The van der Waals surface area contributed by atoms with Crippen molar-refractivity contribution in [1.82, 2.24) is 4.90 Å². The molecule has 1 aliphatic heterocycles. The van der Waals surface area contributed by atoms with Crippen LogP contribution in [0.5, 0.6) is 11.5 Å². The van der Waals surface area contributed by atoms with Crippen LogP contribution < -0.4 is 9.47 Å². The smallest absolute Gasteiger partial charge is 0.162 e. The number of rotatable bonds is 4. The number of hydrogen-bond donors (Lipinski definition) is 0. The number of carbonyl (C=O) groups is 2.